The van der Waals surface area contributed by atoms with Gasteiger partial charge in [0.05, 0.1) is 11.3 Å². The van der Waals surface area contributed by atoms with Gasteiger partial charge in [0, 0.05) is 19.8 Å². The second-order valence-electron chi connectivity index (χ2n) is 5.41. The normalized spacial score (nSPS) is 11.8. The van der Waals surface area contributed by atoms with E-state index in [4.69, 9.17) is 4.74 Å². The van der Waals surface area contributed by atoms with Gasteiger partial charge < -0.3 is 10.1 Å². The average Bonchev–Trinajstić information content (AvgIpc) is 2.40. The van der Waals surface area contributed by atoms with Crippen molar-refractivity contribution >= 4 is 5.91 Å². The number of pyridine rings is 1. The fraction of sp³-hybridized carbons (Fsp3) is 0.600. The van der Waals surface area contributed by atoms with Gasteiger partial charge in [-0.2, -0.15) is 13.2 Å². The van der Waals surface area contributed by atoms with Crippen LogP contribution in [0, 0.1) is 12.8 Å². The largest absolute Gasteiger partial charge is 0.433 e. The molecule has 0 atom stereocenters. The molecule has 0 aliphatic carbocycles. The first-order valence-corrected chi connectivity index (χ1v) is 7.12. The maximum atomic E-state index is 12.5. The highest BCUT2D eigenvalue weighted by Crippen LogP contribution is 2.28. The van der Waals surface area contributed by atoms with E-state index in [-0.39, 0.29) is 11.3 Å². The van der Waals surface area contributed by atoms with Gasteiger partial charge in [0.2, 0.25) is 0 Å². The van der Waals surface area contributed by atoms with Gasteiger partial charge in [0.15, 0.2) is 0 Å². The van der Waals surface area contributed by atoms with Crippen LogP contribution in [0.2, 0.25) is 0 Å². The first-order valence-electron chi connectivity index (χ1n) is 7.12. The van der Waals surface area contributed by atoms with Crippen LogP contribution < -0.4 is 5.32 Å². The first kappa shape index (κ1) is 18.4. The molecule has 1 rings (SSSR count). The first-order chi connectivity index (χ1) is 10.2. The Morgan fingerprint density at radius 3 is 2.59 bits per heavy atom. The molecule has 0 saturated carbocycles. The number of nitrogens with one attached hydrogen (secondary N) is 1. The molecule has 1 heterocycles. The Morgan fingerprint density at radius 1 is 1.36 bits per heavy atom. The van der Waals surface area contributed by atoms with Crippen LogP contribution >= 0.6 is 0 Å². The lowest BCUT2D eigenvalue weighted by atomic mass is 10.1. The van der Waals surface area contributed by atoms with Crippen LogP contribution in [-0.4, -0.2) is 30.6 Å². The predicted molar refractivity (Wildman–Crippen MR) is 76.6 cm³/mol. The van der Waals surface area contributed by atoms with Gasteiger partial charge in [-0.1, -0.05) is 13.8 Å². The molecule has 1 amide bonds. The number of carbonyl (C=O) groups excluding carboxylic acids is 1. The number of aromatic nitrogens is 1. The van der Waals surface area contributed by atoms with Crippen LogP contribution in [0.25, 0.3) is 0 Å². The summed E-state index contributed by atoms with van der Waals surface area (Å²) in [4.78, 5) is 15.3. The van der Waals surface area contributed by atoms with E-state index in [9.17, 15) is 18.0 Å². The molecule has 0 spiro atoms. The Morgan fingerprint density at radius 2 is 2.05 bits per heavy atom. The number of hydrogen-bond acceptors (Lipinski definition) is 3. The molecular formula is C15H21F3N2O2. The summed E-state index contributed by atoms with van der Waals surface area (Å²) in [5.41, 5.74) is -0.789. The zero-order chi connectivity index (χ0) is 16.8. The minimum Gasteiger partial charge on any atom is -0.381 e. The number of halogens is 3. The fourth-order valence-electron chi connectivity index (χ4n) is 1.75. The summed E-state index contributed by atoms with van der Waals surface area (Å²) in [5.74, 6) is 0.0260. The van der Waals surface area contributed by atoms with Gasteiger partial charge in [-0.15, -0.1) is 0 Å². The monoisotopic (exact) mass is 318 g/mol. The van der Waals surface area contributed by atoms with Crippen LogP contribution in [0.4, 0.5) is 13.2 Å². The van der Waals surface area contributed by atoms with E-state index in [2.05, 4.69) is 10.3 Å². The highest BCUT2D eigenvalue weighted by Gasteiger charge is 2.32. The highest BCUT2D eigenvalue weighted by atomic mass is 19.4. The zero-order valence-electron chi connectivity index (χ0n) is 13.0. The number of rotatable bonds is 7. The minimum atomic E-state index is -4.51. The third kappa shape index (κ3) is 6.01. The average molecular weight is 318 g/mol. The Bertz CT molecular complexity index is 502. The molecule has 4 nitrogen and oxygen atoms in total. The molecule has 0 bridgehead atoms. The number of ether oxygens (including phenoxy) is 1. The molecule has 0 radical (unpaired) electrons. The van der Waals surface area contributed by atoms with Crippen molar-refractivity contribution in [2.24, 2.45) is 5.92 Å². The van der Waals surface area contributed by atoms with Gasteiger partial charge in [-0.3, -0.25) is 4.79 Å². The van der Waals surface area contributed by atoms with Crippen molar-refractivity contribution in [3.8, 4) is 0 Å². The summed E-state index contributed by atoms with van der Waals surface area (Å²) >= 11 is 0. The molecule has 0 fully saturated rings. The molecule has 1 aromatic rings. The van der Waals surface area contributed by atoms with Crippen molar-refractivity contribution < 1.29 is 22.7 Å². The van der Waals surface area contributed by atoms with Crippen molar-refractivity contribution in [3.63, 3.8) is 0 Å². The van der Waals surface area contributed by atoms with E-state index in [1.165, 1.54) is 6.92 Å². The lowest BCUT2D eigenvalue weighted by Gasteiger charge is -2.11. The maximum absolute atomic E-state index is 12.5. The second kappa shape index (κ2) is 8.12. The summed E-state index contributed by atoms with van der Waals surface area (Å²) in [6.07, 6.45) is -3.86. The molecule has 22 heavy (non-hydrogen) atoms. The van der Waals surface area contributed by atoms with Gasteiger partial charge >= 0.3 is 6.18 Å². The Labute approximate surface area is 128 Å². The van der Waals surface area contributed by atoms with Crippen molar-refractivity contribution in [3.05, 3.63) is 29.1 Å². The Hall–Kier alpha value is -1.63. The summed E-state index contributed by atoms with van der Waals surface area (Å²) in [5, 5.41) is 2.65. The summed E-state index contributed by atoms with van der Waals surface area (Å²) in [6, 6.07) is 1.96. The lowest BCUT2D eigenvalue weighted by Crippen LogP contribution is -2.26. The molecular weight excluding hydrogens is 297 g/mol. The van der Waals surface area contributed by atoms with Crippen molar-refractivity contribution in [2.75, 3.05) is 19.8 Å². The molecule has 1 aromatic heterocycles. The summed E-state index contributed by atoms with van der Waals surface area (Å²) in [7, 11) is 0. The van der Waals surface area contributed by atoms with Crippen LogP contribution in [0.15, 0.2) is 12.1 Å². The van der Waals surface area contributed by atoms with Gasteiger partial charge in [-0.25, -0.2) is 4.98 Å². The van der Waals surface area contributed by atoms with Crippen molar-refractivity contribution in [2.45, 2.75) is 33.4 Å². The zero-order valence-corrected chi connectivity index (χ0v) is 13.0. The fourth-order valence-corrected chi connectivity index (χ4v) is 1.75. The van der Waals surface area contributed by atoms with Crippen LogP contribution in [-0.2, 0) is 10.9 Å². The second-order valence-corrected chi connectivity index (χ2v) is 5.41. The van der Waals surface area contributed by atoms with Gasteiger partial charge in [0.1, 0.15) is 5.69 Å². The highest BCUT2D eigenvalue weighted by molar-refractivity contribution is 5.95. The number of carbonyl (C=O) groups is 1. The standard InChI is InChI=1S/C15H21F3N2O2/c1-10(2)9-22-8-4-7-19-14(21)12-5-6-13(15(16,17)18)20-11(12)3/h5-6,10H,4,7-9H2,1-3H3,(H,19,21). The van der Waals surface area contributed by atoms with Crippen LogP contribution in [0.1, 0.15) is 42.0 Å². The number of nitrogens with zero attached hydrogens (tertiary/aromatic N) is 1. The Balaban J connectivity index is 2.46. The molecule has 124 valence electrons. The number of alkyl halides is 3. The molecule has 7 heteroatoms. The van der Waals surface area contributed by atoms with Crippen molar-refractivity contribution in [1.29, 1.82) is 0 Å². The number of aryl methyl sites for hydroxylation is 1. The molecule has 0 saturated heterocycles. The molecule has 1 N–H and O–H groups in total. The van der Waals surface area contributed by atoms with E-state index in [0.717, 1.165) is 12.1 Å². The Kier molecular flexibility index (Phi) is 6.80. The quantitative estimate of drug-likeness (QED) is 0.786. The SMILES string of the molecule is Cc1nc(C(F)(F)F)ccc1C(=O)NCCCOCC(C)C. The number of amides is 1. The smallest absolute Gasteiger partial charge is 0.381 e. The van der Waals surface area contributed by atoms with E-state index < -0.39 is 17.8 Å². The van der Waals surface area contributed by atoms with Gasteiger partial charge in [0.25, 0.3) is 5.91 Å². The van der Waals surface area contributed by atoms with E-state index >= 15 is 0 Å². The van der Waals surface area contributed by atoms with Crippen molar-refractivity contribution in [1.82, 2.24) is 10.3 Å². The molecule has 0 unspecified atom stereocenters. The van der Waals surface area contributed by atoms with E-state index in [0.29, 0.717) is 32.1 Å². The molecule has 0 aliphatic heterocycles. The third-order valence-electron chi connectivity index (χ3n) is 2.82. The van der Waals surface area contributed by atoms with Crippen LogP contribution in [0.3, 0.4) is 0 Å². The maximum Gasteiger partial charge on any atom is 0.433 e. The number of hydrogen-bond donors (Lipinski definition) is 1. The van der Waals surface area contributed by atoms with E-state index in [1.807, 2.05) is 13.8 Å². The van der Waals surface area contributed by atoms with Gasteiger partial charge in [-0.05, 0) is 31.4 Å². The minimum absolute atomic E-state index is 0.0587. The van der Waals surface area contributed by atoms with Crippen LogP contribution in [0.5, 0.6) is 0 Å². The summed E-state index contributed by atoms with van der Waals surface area (Å²) < 4.78 is 42.9. The molecule has 0 aromatic carbocycles. The topological polar surface area (TPSA) is 51.2 Å². The predicted octanol–water partition coefficient (Wildman–Crippen LogP) is 3.20. The molecule has 0 aliphatic rings. The summed E-state index contributed by atoms with van der Waals surface area (Å²) in [6.45, 7) is 7.07. The lowest BCUT2D eigenvalue weighted by molar-refractivity contribution is -0.141. The third-order valence-corrected chi connectivity index (χ3v) is 2.82. The van der Waals surface area contributed by atoms with E-state index in [1.54, 1.807) is 0 Å².